The predicted molar refractivity (Wildman–Crippen MR) is 83.9 cm³/mol. The van der Waals surface area contributed by atoms with Crippen LogP contribution in [0.25, 0.3) is 0 Å². The van der Waals surface area contributed by atoms with Gasteiger partial charge in [0.25, 0.3) is 5.91 Å². The number of likely N-dealkylation sites (N-methyl/N-ethyl adjacent to an activating group) is 1. The SMILES string of the molecule is CNC(=O)[C@H]1CN(C(=O)CC2CCCC2)c2ccccc2O1. The van der Waals surface area contributed by atoms with Gasteiger partial charge in [0.2, 0.25) is 5.91 Å². The summed E-state index contributed by atoms with van der Waals surface area (Å²) in [6, 6.07) is 7.42. The largest absolute Gasteiger partial charge is 0.477 e. The van der Waals surface area contributed by atoms with Crippen LogP contribution in [0.4, 0.5) is 5.69 Å². The summed E-state index contributed by atoms with van der Waals surface area (Å²) >= 11 is 0. The Balaban J connectivity index is 1.81. The normalized spacial score (nSPS) is 21.1. The van der Waals surface area contributed by atoms with Crippen molar-refractivity contribution in [3.05, 3.63) is 24.3 Å². The number of benzene rings is 1. The number of amides is 2. The first-order valence-electron chi connectivity index (χ1n) is 7.96. The maximum absolute atomic E-state index is 12.7. The van der Waals surface area contributed by atoms with E-state index in [4.69, 9.17) is 4.74 Å². The van der Waals surface area contributed by atoms with Crippen LogP contribution in [0, 0.1) is 5.92 Å². The number of nitrogens with zero attached hydrogens (tertiary/aromatic N) is 1. The standard InChI is InChI=1S/C17H22N2O3/c1-18-17(21)15-11-19(13-8-4-5-9-14(13)22-15)16(20)10-12-6-2-3-7-12/h4-5,8-9,12,15H,2-3,6-7,10-11H2,1H3,(H,18,21)/t15-/m1/s1. The van der Waals surface area contributed by atoms with E-state index in [-0.39, 0.29) is 18.4 Å². The highest BCUT2D eigenvalue weighted by molar-refractivity contribution is 5.97. The van der Waals surface area contributed by atoms with Gasteiger partial charge < -0.3 is 15.0 Å². The van der Waals surface area contributed by atoms with Crippen LogP contribution in [0.15, 0.2) is 24.3 Å². The van der Waals surface area contributed by atoms with Crippen molar-refractivity contribution >= 4 is 17.5 Å². The molecule has 1 aliphatic heterocycles. The van der Waals surface area contributed by atoms with Crippen LogP contribution in [0.1, 0.15) is 32.1 Å². The molecule has 0 bridgehead atoms. The summed E-state index contributed by atoms with van der Waals surface area (Å²) in [5, 5.41) is 2.60. The maximum Gasteiger partial charge on any atom is 0.262 e. The molecule has 5 heteroatoms. The third-order valence-electron chi connectivity index (χ3n) is 4.55. The van der Waals surface area contributed by atoms with Gasteiger partial charge in [-0.3, -0.25) is 9.59 Å². The Morgan fingerprint density at radius 3 is 2.73 bits per heavy atom. The van der Waals surface area contributed by atoms with Crippen molar-refractivity contribution in [1.82, 2.24) is 5.32 Å². The number of ether oxygens (including phenoxy) is 1. The summed E-state index contributed by atoms with van der Waals surface area (Å²) in [6.07, 6.45) is 4.63. The number of fused-ring (bicyclic) bond motifs is 1. The van der Waals surface area contributed by atoms with Crippen LogP contribution < -0.4 is 15.0 Å². The molecule has 1 heterocycles. The van der Waals surface area contributed by atoms with E-state index in [0.717, 1.165) is 18.5 Å². The fourth-order valence-corrected chi connectivity index (χ4v) is 3.34. The molecule has 1 fully saturated rings. The summed E-state index contributed by atoms with van der Waals surface area (Å²) < 4.78 is 5.73. The van der Waals surface area contributed by atoms with Gasteiger partial charge in [-0.25, -0.2) is 0 Å². The van der Waals surface area contributed by atoms with E-state index in [9.17, 15) is 9.59 Å². The molecule has 0 aromatic heterocycles. The van der Waals surface area contributed by atoms with E-state index in [1.165, 1.54) is 12.8 Å². The average Bonchev–Trinajstić information content (AvgIpc) is 3.05. The minimum Gasteiger partial charge on any atom is -0.477 e. The van der Waals surface area contributed by atoms with Gasteiger partial charge in [0.15, 0.2) is 6.10 Å². The van der Waals surface area contributed by atoms with Crippen LogP contribution in [0.5, 0.6) is 5.75 Å². The highest BCUT2D eigenvalue weighted by atomic mass is 16.5. The average molecular weight is 302 g/mol. The van der Waals surface area contributed by atoms with E-state index >= 15 is 0 Å². The summed E-state index contributed by atoms with van der Waals surface area (Å²) in [7, 11) is 1.58. The molecule has 0 radical (unpaired) electrons. The molecule has 2 aliphatic rings. The van der Waals surface area contributed by atoms with E-state index < -0.39 is 6.10 Å². The molecular formula is C17H22N2O3. The highest BCUT2D eigenvalue weighted by Crippen LogP contribution is 2.35. The number of hydrogen-bond donors (Lipinski definition) is 1. The zero-order valence-electron chi connectivity index (χ0n) is 12.9. The summed E-state index contributed by atoms with van der Waals surface area (Å²) in [4.78, 5) is 26.3. The number of carbonyl (C=O) groups is 2. The Kier molecular flexibility index (Phi) is 4.32. The zero-order valence-corrected chi connectivity index (χ0v) is 12.9. The number of rotatable bonds is 3. The summed E-state index contributed by atoms with van der Waals surface area (Å²) in [5.41, 5.74) is 0.769. The Morgan fingerprint density at radius 2 is 2.00 bits per heavy atom. The van der Waals surface area contributed by atoms with Crippen molar-refractivity contribution in [3.63, 3.8) is 0 Å². The molecule has 3 rings (SSSR count). The van der Waals surface area contributed by atoms with Crippen molar-refractivity contribution in [1.29, 1.82) is 0 Å². The highest BCUT2D eigenvalue weighted by Gasteiger charge is 2.34. The maximum atomic E-state index is 12.7. The Morgan fingerprint density at radius 1 is 1.27 bits per heavy atom. The van der Waals surface area contributed by atoms with Gasteiger partial charge in [0, 0.05) is 13.5 Å². The number of hydrogen-bond acceptors (Lipinski definition) is 3. The van der Waals surface area contributed by atoms with Crippen LogP contribution in [0.3, 0.4) is 0 Å². The van der Waals surface area contributed by atoms with Crippen LogP contribution in [0.2, 0.25) is 0 Å². The molecule has 2 amide bonds. The Hall–Kier alpha value is -2.04. The molecule has 1 N–H and O–H groups in total. The molecule has 0 spiro atoms. The molecule has 22 heavy (non-hydrogen) atoms. The number of para-hydroxylation sites is 2. The third kappa shape index (κ3) is 2.93. The molecule has 118 valence electrons. The van der Waals surface area contributed by atoms with E-state index in [2.05, 4.69) is 5.32 Å². The zero-order chi connectivity index (χ0) is 15.5. The van der Waals surface area contributed by atoms with Crippen molar-refractivity contribution < 1.29 is 14.3 Å². The van der Waals surface area contributed by atoms with Gasteiger partial charge in [-0.1, -0.05) is 25.0 Å². The first-order valence-corrected chi connectivity index (χ1v) is 7.96. The topological polar surface area (TPSA) is 58.6 Å². The van der Waals surface area contributed by atoms with Crippen molar-refractivity contribution in [2.24, 2.45) is 5.92 Å². The second kappa shape index (κ2) is 6.38. The van der Waals surface area contributed by atoms with Gasteiger partial charge in [0.1, 0.15) is 5.75 Å². The molecule has 1 aromatic rings. The lowest BCUT2D eigenvalue weighted by Crippen LogP contribution is -2.50. The van der Waals surface area contributed by atoms with Crippen LogP contribution >= 0.6 is 0 Å². The Bertz CT molecular complexity index is 567. The van der Waals surface area contributed by atoms with Gasteiger partial charge in [-0.2, -0.15) is 0 Å². The van der Waals surface area contributed by atoms with Gasteiger partial charge in [0.05, 0.1) is 12.2 Å². The number of nitrogens with one attached hydrogen (secondary N) is 1. The summed E-state index contributed by atoms with van der Waals surface area (Å²) in [6.45, 7) is 0.280. The van der Waals surface area contributed by atoms with Gasteiger partial charge in [-0.05, 0) is 30.9 Å². The fourth-order valence-electron chi connectivity index (χ4n) is 3.34. The summed E-state index contributed by atoms with van der Waals surface area (Å²) in [5.74, 6) is 0.979. The predicted octanol–water partition coefficient (Wildman–Crippen LogP) is 2.11. The lowest BCUT2D eigenvalue weighted by atomic mass is 10.0. The lowest BCUT2D eigenvalue weighted by Gasteiger charge is -2.34. The molecule has 0 unspecified atom stereocenters. The smallest absolute Gasteiger partial charge is 0.262 e. The van der Waals surface area contributed by atoms with Gasteiger partial charge in [-0.15, -0.1) is 0 Å². The minimum atomic E-state index is -0.646. The molecule has 1 saturated carbocycles. The number of carbonyl (C=O) groups excluding carboxylic acids is 2. The second-order valence-electron chi connectivity index (χ2n) is 6.05. The first kappa shape index (κ1) is 14.9. The first-order chi connectivity index (χ1) is 10.7. The second-order valence-corrected chi connectivity index (χ2v) is 6.05. The fraction of sp³-hybridized carbons (Fsp3) is 0.529. The Labute approximate surface area is 130 Å². The minimum absolute atomic E-state index is 0.0940. The van der Waals surface area contributed by atoms with Crippen LogP contribution in [-0.2, 0) is 9.59 Å². The quantitative estimate of drug-likeness (QED) is 0.930. The number of anilines is 1. The molecule has 0 saturated heterocycles. The van der Waals surface area contributed by atoms with Crippen molar-refractivity contribution in [2.45, 2.75) is 38.2 Å². The van der Waals surface area contributed by atoms with E-state index in [0.29, 0.717) is 18.1 Å². The molecule has 1 atom stereocenters. The van der Waals surface area contributed by atoms with E-state index in [1.807, 2.05) is 18.2 Å². The van der Waals surface area contributed by atoms with Crippen molar-refractivity contribution in [3.8, 4) is 5.75 Å². The van der Waals surface area contributed by atoms with E-state index in [1.54, 1.807) is 18.0 Å². The molecular weight excluding hydrogens is 280 g/mol. The van der Waals surface area contributed by atoms with Gasteiger partial charge >= 0.3 is 0 Å². The van der Waals surface area contributed by atoms with Crippen molar-refractivity contribution in [2.75, 3.05) is 18.5 Å². The third-order valence-corrected chi connectivity index (χ3v) is 4.55. The monoisotopic (exact) mass is 302 g/mol. The molecule has 1 aliphatic carbocycles. The molecule has 5 nitrogen and oxygen atoms in total. The molecule has 1 aromatic carbocycles. The lowest BCUT2D eigenvalue weighted by molar-refractivity contribution is -0.128. The van der Waals surface area contributed by atoms with Crippen LogP contribution in [-0.4, -0.2) is 31.5 Å².